The average Bonchev–Trinajstić information content (AvgIpc) is 3.06. The Morgan fingerprint density at radius 2 is 2.03 bits per heavy atom. The standard InChI is InChI=1S/C22H30N6O3/c1-5-6-12-27-20-18(21(30)26-22(27)31)28(13-14(2)3)16(24-20)9-10-17(29)25-19-15(4)8-7-11-23-19/h7-8,11,14H,5-6,9-10,12-13H2,1-4H3,(H,23,25,29)(H,26,30,31). The molecule has 3 aromatic heterocycles. The van der Waals surface area contributed by atoms with Crippen LogP contribution >= 0.6 is 0 Å². The van der Waals surface area contributed by atoms with Gasteiger partial charge in [0.15, 0.2) is 11.2 Å². The van der Waals surface area contributed by atoms with Crippen LogP contribution in [0.1, 0.15) is 51.4 Å². The highest BCUT2D eigenvalue weighted by atomic mass is 16.2. The van der Waals surface area contributed by atoms with Gasteiger partial charge < -0.3 is 9.88 Å². The van der Waals surface area contributed by atoms with E-state index in [2.05, 4.69) is 20.3 Å². The van der Waals surface area contributed by atoms with Crippen molar-refractivity contribution in [3.05, 3.63) is 50.6 Å². The van der Waals surface area contributed by atoms with Gasteiger partial charge in [0.25, 0.3) is 5.56 Å². The Balaban J connectivity index is 1.94. The quantitative estimate of drug-likeness (QED) is 0.546. The van der Waals surface area contributed by atoms with Crippen molar-refractivity contribution in [2.24, 2.45) is 5.92 Å². The number of imidazole rings is 1. The molecule has 2 N–H and O–H groups in total. The number of carbonyl (C=O) groups excluding carboxylic acids is 1. The third kappa shape index (κ3) is 5.10. The first kappa shape index (κ1) is 22.5. The van der Waals surface area contributed by atoms with Gasteiger partial charge in [-0.05, 0) is 30.9 Å². The van der Waals surface area contributed by atoms with E-state index in [0.717, 1.165) is 18.4 Å². The van der Waals surface area contributed by atoms with Crippen molar-refractivity contribution in [1.29, 1.82) is 0 Å². The topological polar surface area (TPSA) is 115 Å². The molecule has 3 aromatic rings. The summed E-state index contributed by atoms with van der Waals surface area (Å²) in [6.07, 6.45) is 3.89. The highest BCUT2D eigenvalue weighted by molar-refractivity contribution is 5.90. The van der Waals surface area contributed by atoms with Gasteiger partial charge in [0, 0.05) is 32.1 Å². The van der Waals surface area contributed by atoms with Gasteiger partial charge >= 0.3 is 5.69 Å². The fraction of sp³-hybridized carbons (Fsp3) is 0.500. The van der Waals surface area contributed by atoms with Crippen molar-refractivity contribution in [1.82, 2.24) is 24.1 Å². The maximum absolute atomic E-state index is 12.6. The number of fused-ring (bicyclic) bond motifs is 1. The molecule has 9 heteroatoms. The number of aromatic amines is 1. The molecule has 0 aromatic carbocycles. The smallest absolute Gasteiger partial charge is 0.322 e. The van der Waals surface area contributed by atoms with Crippen molar-refractivity contribution in [2.75, 3.05) is 5.32 Å². The molecule has 166 valence electrons. The predicted octanol–water partition coefficient (Wildman–Crippen LogP) is 2.62. The van der Waals surface area contributed by atoms with E-state index in [-0.39, 0.29) is 18.2 Å². The zero-order valence-corrected chi connectivity index (χ0v) is 18.6. The van der Waals surface area contributed by atoms with Crippen LogP contribution in [0.2, 0.25) is 0 Å². The first-order valence-electron chi connectivity index (χ1n) is 10.8. The Morgan fingerprint density at radius 3 is 2.71 bits per heavy atom. The molecule has 3 heterocycles. The zero-order valence-electron chi connectivity index (χ0n) is 18.6. The van der Waals surface area contributed by atoms with E-state index in [0.29, 0.717) is 42.3 Å². The molecule has 9 nitrogen and oxygen atoms in total. The molecule has 0 fully saturated rings. The minimum atomic E-state index is -0.449. The highest BCUT2D eigenvalue weighted by Crippen LogP contribution is 2.17. The molecule has 0 unspecified atom stereocenters. The third-order valence-corrected chi connectivity index (χ3v) is 5.09. The molecule has 0 spiro atoms. The molecule has 3 rings (SSSR count). The number of nitrogens with one attached hydrogen (secondary N) is 2. The minimum Gasteiger partial charge on any atom is -0.322 e. The second-order valence-corrected chi connectivity index (χ2v) is 8.19. The van der Waals surface area contributed by atoms with Gasteiger partial charge in [-0.15, -0.1) is 0 Å². The zero-order chi connectivity index (χ0) is 22.5. The van der Waals surface area contributed by atoms with Crippen molar-refractivity contribution in [3.63, 3.8) is 0 Å². The number of pyridine rings is 1. The lowest BCUT2D eigenvalue weighted by Crippen LogP contribution is -2.31. The number of nitrogens with zero attached hydrogens (tertiary/aromatic N) is 4. The van der Waals surface area contributed by atoms with E-state index >= 15 is 0 Å². The molecule has 0 aliphatic rings. The van der Waals surface area contributed by atoms with Gasteiger partial charge in [0.2, 0.25) is 5.91 Å². The van der Waals surface area contributed by atoms with Crippen LogP contribution in [0, 0.1) is 12.8 Å². The van der Waals surface area contributed by atoms with Crippen LogP contribution in [0.4, 0.5) is 5.82 Å². The van der Waals surface area contributed by atoms with E-state index in [1.165, 1.54) is 4.57 Å². The van der Waals surface area contributed by atoms with E-state index < -0.39 is 11.2 Å². The van der Waals surface area contributed by atoms with Gasteiger partial charge in [-0.3, -0.25) is 19.1 Å². The van der Waals surface area contributed by atoms with Crippen molar-refractivity contribution < 1.29 is 4.79 Å². The molecule has 0 bridgehead atoms. The third-order valence-electron chi connectivity index (χ3n) is 5.09. The Bertz CT molecular complexity index is 1190. The minimum absolute atomic E-state index is 0.178. The van der Waals surface area contributed by atoms with Crippen LogP contribution in [0.5, 0.6) is 0 Å². The number of hydrogen-bond donors (Lipinski definition) is 2. The molecular formula is C22H30N6O3. The second-order valence-electron chi connectivity index (χ2n) is 8.19. The summed E-state index contributed by atoms with van der Waals surface area (Å²) in [7, 11) is 0. The Labute approximate surface area is 180 Å². The van der Waals surface area contributed by atoms with Crippen LogP contribution in [-0.2, 0) is 24.3 Å². The number of hydrogen-bond acceptors (Lipinski definition) is 5. The van der Waals surface area contributed by atoms with Gasteiger partial charge in [0.1, 0.15) is 11.6 Å². The van der Waals surface area contributed by atoms with Crippen LogP contribution in [0.25, 0.3) is 11.2 Å². The summed E-state index contributed by atoms with van der Waals surface area (Å²) in [5.74, 6) is 1.24. The maximum atomic E-state index is 12.6. The van der Waals surface area contributed by atoms with Crippen LogP contribution < -0.4 is 16.6 Å². The van der Waals surface area contributed by atoms with Crippen molar-refractivity contribution >= 4 is 22.9 Å². The molecule has 0 aliphatic heterocycles. The number of amides is 1. The average molecular weight is 427 g/mol. The number of rotatable bonds is 9. The van der Waals surface area contributed by atoms with Crippen molar-refractivity contribution in [3.8, 4) is 0 Å². The summed E-state index contributed by atoms with van der Waals surface area (Å²) in [5, 5.41) is 2.82. The molecule has 0 aliphatic carbocycles. The number of aryl methyl sites for hydroxylation is 3. The predicted molar refractivity (Wildman–Crippen MR) is 120 cm³/mol. The fourth-order valence-corrected chi connectivity index (χ4v) is 3.53. The van der Waals surface area contributed by atoms with Gasteiger partial charge in [-0.1, -0.05) is 33.3 Å². The molecule has 0 saturated carbocycles. The number of carbonyl (C=O) groups is 1. The first-order chi connectivity index (χ1) is 14.8. The van der Waals surface area contributed by atoms with E-state index in [4.69, 9.17) is 0 Å². The van der Waals surface area contributed by atoms with Crippen LogP contribution in [0.15, 0.2) is 27.9 Å². The van der Waals surface area contributed by atoms with E-state index in [1.807, 2.05) is 44.4 Å². The number of aromatic nitrogens is 5. The Hall–Kier alpha value is -3.23. The SMILES string of the molecule is CCCCn1c(=O)[nH]c(=O)c2c1nc(CCC(=O)Nc1ncccc1C)n2CC(C)C. The number of H-pyrrole nitrogens is 1. The summed E-state index contributed by atoms with van der Waals surface area (Å²) in [6.45, 7) is 9.08. The number of anilines is 1. The van der Waals surface area contributed by atoms with Crippen LogP contribution in [0.3, 0.4) is 0 Å². The maximum Gasteiger partial charge on any atom is 0.330 e. The molecular weight excluding hydrogens is 396 g/mol. The van der Waals surface area contributed by atoms with Gasteiger partial charge in [-0.25, -0.2) is 14.8 Å². The summed E-state index contributed by atoms with van der Waals surface area (Å²) < 4.78 is 3.37. The first-order valence-corrected chi connectivity index (χ1v) is 10.8. The van der Waals surface area contributed by atoms with E-state index in [9.17, 15) is 14.4 Å². The second kappa shape index (κ2) is 9.72. The summed E-state index contributed by atoms with van der Waals surface area (Å²) in [4.78, 5) is 48.8. The lowest BCUT2D eigenvalue weighted by molar-refractivity contribution is -0.116. The summed E-state index contributed by atoms with van der Waals surface area (Å²) >= 11 is 0. The summed E-state index contributed by atoms with van der Waals surface area (Å²) in [5.41, 5.74) is 0.768. The fourth-order valence-electron chi connectivity index (χ4n) is 3.53. The monoisotopic (exact) mass is 426 g/mol. The Kier molecular flexibility index (Phi) is 7.04. The van der Waals surface area contributed by atoms with Crippen LogP contribution in [-0.4, -0.2) is 30.0 Å². The molecule has 1 amide bonds. The van der Waals surface area contributed by atoms with Gasteiger partial charge in [-0.2, -0.15) is 0 Å². The molecule has 0 radical (unpaired) electrons. The molecule has 0 atom stereocenters. The highest BCUT2D eigenvalue weighted by Gasteiger charge is 2.20. The van der Waals surface area contributed by atoms with Crippen molar-refractivity contribution in [2.45, 2.75) is 66.5 Å². The largest absolute Gasteiger partial charge is 0.330 e. The lowest BCUT2D eigenvalue weighted by Gasteiger charge is -2.12. The van der Waals surface area contributed by atoms with Gasteiger partial charge in [0.05, 0.1) is 0 Å². The van der Waals surface area contributed by atoms with E-state index in [1.54, 1.807) is 6.20 Å². The normalized spacial score (nSPS) is 11.4. The summed E-state index contributed by atoms with van der Waals surface area (Å²) in [6, 6.07) is 3.70. The molecule has 31 heavy (non-hydrogen) atoms. The lowest BCUT2D eigenvalue weighted by atomic mass is 10.2. The Morgan fingerprint density at radius 1 is 1.26 bits per heavy atom. The number of unbranched alkanes of at least 4 members (excludes halogenated alkanes) is 1. The molecule has 0 saturated heterocycles.